The van der Waals surface area contributed by atoms with Crippen LogP contribution in [0.25, 0.3) is 0 Å². The number of hydrogen-bond donors (Lipinski definition) is 1. The highest BCUT2D eigenvalue weighted by Gasteiger charge is 2.14. The van der Waals surface area contributed by atoms with Gasteiger partial charge in [0, 0.05) is 12.2 Å². The smallest absolute Gasteiger partial charge is 0.152 e. The maximum absolute atomic E-state index is 5.77. The van der Waals surface area contributed by atoms with E-state index in [9.17, 15) is 0 Å². The van der Waals surface area contributed by atoms with E-state index in [1.165, 1.54) is 6.33 Å². The molecule has 0 aliphatic heterocycles. The molecule has 0 spiro atoms. The third-order valence-corrected chi connectivity index (χ3v) is 3.20. The summed E-state index contributed by atoms with van der Waals surface area (Å²) in [7, 11) is 0. The van der Waals surface area contributed by atoms with Gasteiger partial charge < -0.3 is 10.6 Å². The van der Waals surface area contributed by atoms with Crippen molar-refractivity contribution in [3.63, 3.8) is 0 Å². The molecule has 0 amide bonds. The molecule has 0 aliphatic carbocycles. The van der Waals surface area contributed by atoms with Crippen LogP contribution >= 0.6 is 15.9 Å². The van der Waals surface area contributed by atoms with Crippen molar-refractivity contribution in [2.45, 2.75) is 6.92 Å². The van der Waals surface area contributed by atoms with Crippen LogP contribution in [0.4, 0.5) is 17.3 Å². The van der Waals surface area contributed by atoms with E-state index in [0.717, 1.165) is 22.5 Å². The SMILES string of the molecule is CCN(c1ccccc1)c1ncnc(N)c1Br. The predicted octanol–water partition coefficient (Wildman–Crippen LogP) is 2.98. The number of para-hydroxylation sites is 1. The average Bonchev–Trinajstić information content (AvgIpc) is 2.37. The number of rotatable bonds is 3. The molecule has 1 aromatic carbocycles. The van der Waals surface area contributed by atoms with Crippen molar-refractivity contribution in [3.05, 3.63) is 41.1 Å². The second kappa shape index (κ2) is 5.14. The molecule has 0 aliphatic rings. The highest BCUT2D eigenvalue weighted by Crippen LogP contribution is 2.32. The zero-order chi connectivity index (χ0) is 12.3. The minimum absolute atomic E-state index is 0.449. The number of nitrogens with two attached hydrogens (primary N) is 1. The highest BCUT2D eigenvalue weighted by atomic mass is 79.9. The quantitative estimate of drug-likeness (QED) is 0.945. The van der Waals surface area contributed by atoms with Crippen LogP contribution in [0.2, 0.25) is 0 Å². The van der Waals surface area contributed by atoms with Crippen molar-refractivity contribution in [2.75, 3.05) is 17.2 Å². The second-order valence-electron chi connectivity index (χ2n) is 3.48. The third kappa shape index (κ3) is 2.39. The number of halogens is 1. The normalized spacial score (nSPS) is 10.2. The molecule has 0 saturated carbocycles. The summed E-state index contributed by atoms with van der Waals surface area (Å²) in [6.07, 6.45) is 1.47. The topological polar surface area (TPSA) is 55.0 Å². The van der Waals surface area contributed by atoms with Gasteiger partial charge in [-0.3, -0.25) is 0 Å². The number of aromatic nitrogens is 2. The van der Waals surface area contributed by atoms with Gasteiger partial charge in [-0.1, -0.05) is 18.2 Å². The Morgan fingerprint density at radius 2 is 1.94 bits per heavy atom. The molecule has 2 aromatic rings. The van der Waals surface area contributed by atoms with Crippen molar-refractivity contribution >= 4 is 33.3 Å². The van der Waals surface area contributed by atoms with E-state index in [4.69, 9.17) is 5.73 Å². The zero-order valence-corrected chi connectivity index (χ0v) is 11.1. The van der Waals surface area contributed by atoms with E-state index in [1.807, 2.05) is 30.3 Å². The third-order valence-electron chi connectivity index (χ3n) is 2.44. The Kier molecular flexibility index (Phi) is 3.58. The van der Waals surface area contributed by atoms with Gasteiger partial charge in [-0.05, 0) is 35.0 Å². The van der Waals surface area contributed by atoms with Crippen molar-refractivity contribution in [1.29, 1.82) is 0 Å². The summed E-state index contributed by atoms with van der Waals surface area (Å²) in [6, 6.07) is 10.1. The summed E-state index contributed by atoms with van der Waals surface area (Å²) in [5.74, 6) is 1.23. The van der Waals surface area contributed by atoms with Gasteiger partial charge in [0.1, 0.15) is 16.6 Å². The van der Waals surface area contributed by atoms with Gasteiger partial charge in [0.05, 0.1) is 0 Å². The van der Waals surface area contributed by atoms with E-state index in [0.29, 0.717) is 5.82 Å². The maximum atomic E-state index is 5.77. The average molecular weight is 293 g/mol. The molecule has 88 valence electrons. The Morgan fingerprint density at radius 1 is 1.24 bits per heavy atom. The lowest BCUT2D eigenvalue weighted by Crippen LogP contribution is -2.18. The van der Waals surface area contributed by atoms with Crippen LogP contribution in [0.15, 0.2) is 41.1 Å². The fraction of sp³-hybridized carbons (Fsp3) is 0.167. The highest BCUT2D eigenvalue weighted by molar-refractivity contribution is 9.10. The van der Waals surface area contributed by atoms with Gasteiger partial charge in [0.15, 0.2) is 5.82 Å². The predicted molar refractivity (Wildman–Crippen MR) is 73.3 cm³/mol. The van der Waals surface area contributed by atoms with Gasteiger partial charge in [0.2, 0.25) is 0 Å². The molecule has 0 bridgehead atoms. The molecule has 1 aromatic heterocycles. The van der Waals surface area contributed by atoms with Gasteiger partial charge in [-0.15, -0.1) is 0 Å². The summed E-state index contributed by atoms with van der Waals surface area (Å²) in [6.45, 7) is 2.87. The summed E-state index contributed by atoms with van der Waals surface area (Å²) in [5.41, 5.74) is 6.84. The first-order chi connectivity index (χ1) is 8.24. The number of nitrogens with zero attached hydrogens (tertiary/aromatic N) is 3. The van der Waals surface area contributed by atoms with Gasteiger partial charge in [-0.2, -0.15) is 0 Å². The number of hydrogen-bond acceptors (Lipinski definition) is 4. The molecule has 0 unspecified atom stereocenters. The summed E-state index contributed by atoms with van der Waals surface area (Å²) in [4.78, 5) is 10.3. The van der Waals surface area contributed by atoms with Crippen molar-refractivity contribution in [1.82, 2.24) is 9.97 Å². The molecule has 0 radical (unpaired) electrons. The van der Waals surface area contributed by atoms with Gasteiger partial charge in [0.25, 0.3) is 0 Å². The van der Waals surface area contributed by atoms with Crippen LogP contribution in [0.1, 0.15) is 6.92 Å². The van der Waals surface area contributed by atoms with Crippen molar-refractivity contribution in [2.24, 2.45) is 0 Å². The number of benzene rings is 1. The van der Waals surface area contributed by atoms with Gasteiger partial charge in [-0.25, -0.2) is 9.97 Å². The van der Waals surface area contributed by atoms with E-state index in [2.05, 4.69) is 37.7 Å². The largest absolute Gasteiger partial charge is 0.383 e. The maximum Gasteiger partial charge on any atom is 0.152 e. The minimum Gasteiger partial charge on any atom is -0.383 e. The first-order valence-corrected chi connectivity index (χ1v) is 6.12. The van der Waals surface area contributed by atoms with Crippen LogP contribution < -0.4 is 10.6 Å². The van der Waals surface area contributed by atoms with Gasteiger partial charge >= 0.3 is 0 Å². The summed E-state index contributed by atoms with van der Waals surface area (Å²) >= 11 is 3.43. The monoisotopic (exact) mass is 292 g/mol. The second-order valence-corrected chi connectivity index (χ2v) is 4.27. The summed E-state index contributed by atoms with van der Waals surface area (Å²) < 4.78 is 0.728. The Balaban J connectivity index is 2.46. The van der Waals surface area contributed by atoms with Crippen molar-refractivity contribution in [3.8, 4) is 0 Å². The lowest BCUT2D eigenvalue weighted by molar-refractivity contribution is 0.971. The molecule has 1 heterocycles. The molecule has 0 saturated heterocycles. The van der Waals surface area contributed by atoms with E-state index in [1.54, 1.807) is 0 Å². The minimum atomic E-state index is 0.449. The summed E-state index contributed by atoms with van der Waals surface area (Å²) in [5, 5.41) is 0. The Bertz CT molecular complexity index is 501. The molecule has 4 nitrogen and oxygen atoms in total. The fourth-order valence-electron chi connectivity index (χ4n) is 1.62. The lowest BCUT2D eigenvalue weighted by atomic mass is 10.3. The number of nitrogen functional groups attached to an aromatic ring is 1. The van der Waals surface area contributed by atoms with E-state index >= 15 is 0 Å². The molecule has 2 rings (SSSR count). The fourth-order valence-corrected chi connectivity index (χ4v) is 2.04. The molecular weight excluding hydrogens is 280 g/mol. The van der Waals surface area contributed by atoms with E-state index in [-0.39, 0.29) is 0 Å². The Labute approximate surface area is 109 Å². The van der Waals surface area contributed by atoms with Crippen LogP contribution in [-0.4, -0.2) is 16.5 Å². The molecule has 5 heteroatoms. The molecule has 17 heavy (non-hydrogen) atoms. The van der Waals surface area contributed by atoms with Crippen LogP contribution in [0.5, 0.6) is 0 Å². The molecule has 0 atom stereocenters. The van der Waals surface area contributed by atoms with Crippen LogP contribution in [-0.2, 0) is 0 Å². The molecule has 0 fully saturated rings. The lowest BCUT2D eigenvalue weighted by Gasteiger charge is -2.23. The zero-order valence-electron chi connectivity index (χ0n) is 9.47. The molecular formula is C12H13BrN4. The van der Waals surface area contributed by atoms with Crippen LogP contribution in [0.3, 0.4) is 0 Å². The first kappa shape index (κ1) is 11.9. The van der Waals surface area contributed by atoms with Crippen LogP contribution in [0, 0.1) is 0 Å². The Morgan fingerprint density at radius 3 is 2.59 bits per heavy atom. The number of anilines is 3. The Hall–Kier alpha value is -1.62. The van der Waals surface area contributed by atoms with E-state index < -0.39 is 0 Å². The first-order valence-electron chi connectivity index (χ1n) is 5.32. The van der Waals surface area contributed by atoms with Crippen molar-refractivity contribution < 1.29 is 0 Å². The molecule has 2 N–H and O–H groups in total. The standard InChI is InChI=1S/C12H13BrN4/c1-2-17(9-6-4-3-5-7-9)12-10(13)11(14)15-8-16-12/h3-8H,2H2,1H3,(H2,14,15,16).